The van der Waals surface area contributed by atoms with Crippen molar-refractivity contribution in [3.8, 4) is 11.5 Å². The lowest BCUT2D eigenvalue weighted by Crippen LogP contribution is -2.16. The highest BCUT2D eigenvalue weighted by molar-refractivity contribution is 9.10. The highest BCUT2D eigenvalue weighted by Crippen LogP contribution is 2.36. The number of aryl methyl sites for hydroxylation is 1. The molecule has 1 aliphatic heterocycles. The molecule has 3 nitrogen and oxygen atoms in total. The number of rotatable bonds is 2. The Labute approximate surface area is 132 Å². The molecule has 21 heavy (non-hydrogen) atoms. The number of carbonyl (C=O) groups excluding carboxylic acids is 1. The molecule has 2 aromatic carbocycles. The van der Waals surface area contributed by atoms with Gasteiger partial charge in [-0.1, -0.05) is 18.2 Å². The molecule has 0 fully saturated rings. The Morgan fingerprint density at radius 2 is 1.71 bits per heavy atom. The zero-order valence-electron chi connectivity index (χ0n) is 11.9. The molecule has 3 rings (SSSR count). The average Bonchev–Trinajstić information content (AvgIpc) is 2.48. The molecular formula is C17H15BrO3. The van der Waals surface area contributed by atoms with Crippen LogP contribution in [-0.2, 0) is 0 Å². The van der Waals surface area contributed by atoms with Crippen LogP contribution >= 0.6 is 15.9 Å². The summed E-state index contributed by atoms with van der Waals surface area (Å²) in [6, 6.07) is 9.32. The summed E-state index contributed by atoms with van der Waals surface area (Å²) in [6.07, 6.45) is 0. The number of hydrogen-bond acceptors (Lipinski definition) is 3. The van der Waals surface area contributed by atoms with Gasteiger partial charge in [0.15, 0.2) is 17.3 Å². The molecule has 0 atom stereocenters. The van der Waals surface area contributed by atoms with Crippen LogP contribution in [0.5, 0.6) is 11.5 Å². The summed E-state index contributed by atoms with van der Waals surface area (Å²) in [4.78, 5) is 12.8. The van der Waals surface area contributed by atoms with Crippen molar-refractivity contribution in [1.29, 1.82) is 0 Å². The van der Waals surface area contributed by atoms with Crippen LogP contribution in [0.4, 0.5) is 0 Å². The van der Waals surface area contributed by atoms with Crippen molar-refractivity contribution in [3.05, 3.63) is 57.1 Å². The second kappa shape index (κ2) is 5.53. The predicted molar refractivity (Wildman–Crippen MR) is 84.5 cm³/mol. The third-order valence-electron chi connectivity index (χ3n) is 3.73. The SMILES string of the molecule is Cc1cccc(C(=O)c2cc3c(cc2Br)OCCO3)c1C. The quantitative estimate of drug-likeness (QED) is 0.769. The zero-order valence-corrected chi connectivity index (χ0v) is 13.5. The molecule has 4 heteroatoms. The van der Waals surface area contributed by atoms with Crippen LogP contribution in [0, 0.1) is 13.8 Å². The summed E-state index contributed by atoms with van der Waals surface area (Å²) in [7, 11) is 0. The minimum atomic E-state index is -0.0138. The van der Waals surface area contributed by atoms with Gasteiger partial charge >= 0.3 is 0 Å². The normalized spacial score (nSPS) is 13.1. The van der Waals surface area contributed by atoms with E-state index < -0.39 is 0 Å². The standard InChI is InChI=1S/C17H15BrO3/c1-10-4-3-5-12(11(10)2)17(19)13-8-15-16(9-14(13)18)21-7-6-20-15/h3-5,8-9H,6-7H2,1-2H3. The van der Waals surface area contributed by atoms with E-state index in [0.717, 1.165) is 15.6 Å². The maximum absolute atomic E-state index is 12.8. The number of ketones is 1. The largest absolute Gasteiger partial charge is 0.486 e. The molecule has 1 aliphatic rings. The van der Waals surface area contributed by atoms with Gasteiger partial charge in [-0.05, 0) is 53.0 Å². The Bertz CT molecular complexity index is 722. The van der Waals surface area contributed by atoms with Crippen LogP contribution < -0.4 is 9.47 Å². The lowest BCUT2D eigenvalue weighted by Gasteiger charge is -2.20. The van der Waals surface area contributed by atoms with Gasteiger partial charge in [-0.3, -0.25) is 4.79 Å². The molecule has 0 N–H and O–H groups in total. The molecule has 108 valence electrons. The fourth-order valence-corrected chi connectivity index (χ4v) is 2.88. The summed E-state index contributed by atoms with van der Waals surface area (Å²) in [5.41, 5.74) is 3.42. The number of fused-ring (bicyclic) bond motifs is 1. The van der Waals surface area contributed by atoms with E-state index in [2.05, 4.69) is 15.9 Å². The number of carbonyl (C=O) groups is 1. The molecule has 0 aliphatic carbocycles. The molecule has 0 saturated heterocycles. The van der Waals surface area contributed by atoms with Crippen molar-refractivity contribution >= 4 is 21.7 Å². The number of ether oxygens (including phenoxy) is 2. The summed E-state index contributed by atoms with van der Waals surface area (Å²) in [6.45, 7) is 5.01. The van der Waals surface area contributed by atoms with E-state index >= 15 is 0 Å². The van der Waals surface area contributed by atoms with Gasteiger partial charge in [-0.2, -0.15) is 0 Å². The topological polar surface area (TPSA) is 35.5 Å². The van der Waals surface area contributed by atoms with Gasteiger partial charge in [0, 0.05) is 15.6 Å². The van der Waals surface area contributed by atoms with E-state index in [4.69, 9.17) is 9.47 Å². The van der Waals surface area contributed by atoms with Crippen LogP contribution in [0.3, 0.4) is 0 Å². The predicted octanol–water partition coefficient (Wildman–Crippen LogP) is 4.07. The number of halogens is 1. The summed E-state index contributed by atoms with van der Waals surface area (Å²) < 4.78 is 11.8. The maximum Gasteiger partial charge on any atom is 0.194 e. The van der Waals surface area contributed by atoms with Crippen molar-refractivity contribution in [2.75, 3.05) is 13.2 Å². The second-order valence-corrected chi connectivity index (χ2v) is 5.91. The minimum absolute atomic E-state index is 0.0138. The average molecular weight is 347 g/mol. The van der Waals surface area contributed by atoms with Gasteiger partial charge in [-0.15, -0.1) is 0 Å². The lowest BCUT2D eigenvalue weighted by molar-refractivity contribution is 0.103. The van der Waals surface area contributed by atoms with E-state index in [1.807, 2.05) is 32.0 Å². The second-order valence-electron chi connectivity index (χ2n) is 5.05. The molecule has 2 aromatic rings. The van der Waals surface area contributed by atoms with Gasteiger partial charge in [0.05, 0.1) is 0 Å². The van der Waals surface area contributed by atoms with E-state index in [9.17, 15) is 4.79 Å². The monoisotopic (exact) mass is 346 g/mol. The summed E-state index contributed by atoms with van der Waals surface area (Å²) >= 11 is 3.46. The highest BCUT2D eigenvalue weighted by atomic mass is 79.9. The van der Waals surface area contributed by atoms with Gasteiger partial charge in [0.1, 0.15) is 13.2 Å². The maximum atomic E-state index is 12.8. The van der Waals surface area contributed by atoms with E-state index in [-0.39, 0.29) is 5.78 Å². The smallest absolute Gasteiger partial charge is 0.194 e. The molecule has 0 saturated carbocycles. The molecule has 1 heterocycles. The first-order valence-corrected chi connectivity index (χ1v) is 7.57. The van der Waals surface area contributed by atoms with Gasteiger partial charge in [0.2, 0.25) is 0 Å². The Morgan fingerprint density at radius 1 is 1.05 bits per heavy atom. The fraction of sp³-hybridized carbons (Fsp3) is 0.235. The third-order valence-corrected chi connectivity index (χ3v) is 4.38. The third kappa shape index (κ3) is 2.56. The summed E-state index contributed by atoms with van der Waals surface area (Å²) in [5.74, 6) is 1.28. The van der Waals surface area contributed by atoms with Crippen molar-refractivity contribution < 1.29 is 14.3 Å². The Hall–Kier alpha value is -1.81. The lowest BCUT2D eigenvalue weighted by atomic mass is 9.96. The van der Waals surface area contributed by atoms with Gasteiger partial charge in [-0.25, -0.2) is 0 Å². The first-order chi connectivity index (χ1) is 10.1. The first kappa shape index (κ1) is 14.1. The van der Waals surface area contributed by atoms with Crippen molar-refractivity contribution in [2.24, 2.45) is 0 Å². The van der Waals surface area contributed by atoms with Crippen LogP contribution in [0.25, 0.3) is 0 Å². The molecule has 0 amide bonds. The Balaban J connectivity index is 2.07. The van der Waals surface area contributed by atoms with Gasteiger partial charge < -0.3 is 9.47 Å². The molecule has 0 radical (unpaired) electrons. The summed E-state index contributed by atoms with van der Waals surface area (Å²) in [5, 5.41) is 0. The van der Waals surface area contributed by atoms with E-state index in [1.54, 1.807) is 12.1 Å². The number of benzene rings is 2. The minimum Gasteiger partial charge on any atom is -0.486 e. The zero-order chi connectivity index (χ0) is 15.0. The first-order valence-electron chi connectivity index (χ1n) is 6.78. The van der Waals surface area contributed by atoms with Crippen LogP contribution in [-0.4, -0.2) is 19.0 Å². The fourth-order valence-electron chi connectivity index (χ4n) is 2.38. The molecule has 0 spiro atoms. The highest BCUT2D eigenvalue weighted by Gasteiger charge is 2.20. The van der Waals surface area contributed by atoms with Crippen LogP contribution in [0.1, 0.15) is 27.0 Å². The molecular weight excluding hydrogens is 332 g/mol. The molecule has 0 bridgehead atoms. The number of hydrogen-bond donors (Lipinski definition) is 0. The van der Waals surface area contributed by atoms with E-state index in [1.165, 1.54) is 0 Å². The van der Waals surface area contributed by atoms with Crippen molar-refractivity contribution in [1.82, 2.24) is 0 Å². The Morgan fingerprint density at radius 3 is 2.43 bits per heavy atom. The van der Waals surface area contributed by atoms with Crippen molar-refractivity contribution in [2.45, 2.75) is 13.8 Å². The van der Waals surface area contributed by atoms with Crippen LogP contribution in [0.2, 0.25) is 0 Å². The van der Waals surface area contributed by atoms with E-state index in [0.29, 0.717) is 35.8 Å². The van der Waals surface area contributed by atoms with Crippen molar-refractivity contribution in [3.63, 3.8) is 0 Å². The molecule has 0 aromatic heterocycles. The van der Waals surface area contributed by atoms with Gasteiger partial charge in [0.25, 0.3) is 0 Å². The van der Waals surface area contributed by atoms with Crippen LogP contribution in [0.15, 0.2) is 34.8 Å². The Kier molecular flexibility index (Phi) is 3.72. The molecule has 0 unspecified atom stereocenters.